The van der Waals surface area contributed by atoms with Crippen molar-refractivity contribution in [2.45, 2.75) is 12.5 Å². The summed E-state index contributed by atoms with van der Waals surface area (Å²) in [5, 5.41) is 32.2. The number of hydrogen-bond acceptors (Lipinski definition) is 11. The van der Waals surface area contributed by atoms with Gasteiger partial charge in [-0.1, -0.05) is 0 Å². The minimum Gasteiger partial charge on any atom is -0.549 e. The normalized spacial score (nSPS) is 10.7. The molecule has 152 valence electrons. The summed E-state index contributed by atoms with van der Waals surface area (Å²) < 4.78 is 15.8. The first-order valence-electron chi connectivity index (χ1n) is 7.87. The van der Waals surface area contributed by atoms with Crippen LogP contribution in [0.25, 0.3) is 0 Å². The monoisotopic (exact) mass is 510 g/mol. The Kier molecular flexibility index (Phi) is 31.5. The van der Waals surface area contributed by atoms with Crippen LogP contribution in [0.4, 0.5) is 0 Å². The largest absolute Gasteiger partial charge is 1.00 e. The molecule has 0 aromatic heterocycles. The number of aliphatic carboxylic acids is 3. The van der Waals surface area contributed by atoms with Gasteiger partial charge in [0.15, 0.2) is 0 Å². The van der Waals surface area contributed by atoms with Crippen molar-refractivity contribution in [1.82, 2.24) is 9.80 Å². The molecule has 0 saturated heterocycles. The molecule has 0 aliphatic heterocycles. The molecule has 0 fully saturated rings. The molecule has 0 unspecified atom stereocenters. The predicted octanol–water partition coefficient (Wildman–Crippen LogP) is -13.9. The number of hydrogen-bond donors (Lipinski definition) is 0. The molecular weight excluding hydrogens is 486 g/mol. The molecule has 0 atom stereocenters. The summed E-state index contributed by atoms with van der Waals surface area (Å²) in [7, 11) is 1.62. The maximum atomic E-state index is 10.9. The van der Waals surface area contributed by atoms with Gasteiger partial charge in [0.05, 0.1) is 17.9 Å². The van der Waals surface area contributed by atoms with E-state index in [9.17, 15) is 29.7 Å². The predicted molar refractivity (Wildman–Crippen MR) is 84.1 cm³/mol. The van der Waals surface area contributed by atoms with Crippen molar-refractivity contribution in [3.8, 4) is 0 Å². The first-order valence-corrected chi connectivity index (χ1v) is 9.81. The van der Waals surface area contributed by atoms with Crippen molar-refractivity contribution < 1.29 is 197 Å². The standard InChI is InChI=1S/C14H28N2O9Si.3K/c1-23-26(24-2,25-3)8-4-5-15(9-12(17)18)6-7-16(10-13(19)20)11-14(21)22;;;/h4-11H2,1-3H3,(H,17,18)(H,19,20)(H,21,22);;;/q;3*+1/p-3. The van der Waals surface area contributed by atoms with Crippen molar-refractivity contribution in [2.75, 3.05) is 60.6 Å². The minimum atomic E-state index is -2.78. The van der Waals surface area contributed by atoms with Crippen molar-refractivity contribution >= 4 is 26.7 Å². The van der Waals surface area contributed by atoms with Crippen LogP contribution in [-0.2, 0) is 27.7 Å². The van der Waals surface area contributed by atoms with Crippen LogP contribution in [0.5, 0.6) is 0 Å². The second-order valence-corrected chi connectivity index (χ2v) is 8.59. The minimum absolute atomic E-state index is 0. The second-order valence-electron chi connectivity index (χ2n) is 5.50. The van der Waals surface area contributed by atoms with E-state index < -0.39 is 39.8 Å². The van der Waals surface area contributed by atoms with Gasteiger partial charge in [0.25, 0.3) is 0 Å². The number of carboxylic acid groups (broad SMARTS) is 3. The Morgan fingerprint density at radius 3 is 1.38 bits per heavy atom. The topological polar surface area (TPSA) is 155 Å². The van der Waals surface area contributed by atoms with Crippen LogP contribution in [0.3, 0.4) is 0 Å². The van der Waals surface area contributed by atoms with E-state index in [4.69, 9.17) is 13.3 Å². The molecule has 0 amide bonds. The Bertz CT molecular complexity index is 449. The first-order chi connectivity index (χ1) is 12.2. The van der Waals surface area contributed by atoms with Crippen molar-refractivity contribution in [3.05, 3.63) is 0 Å². The Balaban J connectivity index is -0.00000104. The van der Waals surface area contributed by atoms with Gasteiger partial charge in [0.1, 0.15) is 0 Å². The maximum absolute atomic E-state index is 10.9. The van der Waals surface area contributed by atoms with Crippen LogP contribution < -0.4 is 169 Å². The van der Waals surface area contributed by atoms with Crippen LogP contribution in [0, 0.1) is 0 Å². The molecule has 11 nitrogen and oxygen atoms in total. The molecule has 0 saturated carbocycles. The molecule has 0 rings (SSSR count). The van der Waals surface area contributed by atoms with Crippen LogP contribution >= 0.6 is 0 Å². The van der Waals surface area contributed by atoms with Crippen LogP contribution in [-0.4, -0.2) is 97.1 Å². The van der Waals surface area contributed by atoms with E-state index in [0.29, 0.717) is 19.0 Å². The van der Waals surface area contributed by atoms with Crippen molar-refractivity contribution in [1.29, 1.82) is 0 Å². The molecule has 0 N–H and O–H groups in total. The van der Waals surface area contributed by atoms with Gasteiger partial charge in [-0.25, -0.2) is 0 Å². The van der Waals surface area contributed by atoms with E-state index in [1.54, 1.807) is 0 Å². The van der Waals surface area contributed by atoms with E-state index in [1.807, 2.05) is 0 Å². The number of carbonyl (C=O) groups excluding carboxylic acids is 3. The van der Waals surface area contributed by atoms with Gasteiger partial charge in [-0.05, 0) is 13.0 Å². The van der Waals surface area contributed by atoms with Gasteiger partial charge in [-0.3, -0.25) is 9.80 Å². The summed E-state index contributed by atoms with van der Waals surface area (Å²) in [5.41, 5.74) is 0. The summed E-state index contributed by atoms with van der Waals surface area (Å²) >= 11 is 0. The summed E-state index contributed by atoms with van der Waals surface area (Å²) in [6, 6.07) is 0.446. The third-order valence-electron chi connectivity index (χ3n) is 3.68. The summed E-state index contributed by atoms with van der Waals surface area (Å²) in [5.74, 6) is -4.17. The summed E-state index contributed by atoms with van der Waals surface area (Å²) in [4.78, 5) is 34.8. The van der Waals surface area contributed by atoms with E-state index in [-0.39, 0.29) is 174 Å². The fraction of sp³-hybridized carbons (Fsp3) is 0.786. The van der Waals surface area contributed by atoms with E-state index in [2.05, 4.69) is 0 Å². The quantitative estimate of drug-likeness (QED) is 0.182. The fourth-order valence-electron chi connectivity index (χ4n) is 2.39. The van der Waals surface area contributed by atoms with Gasteiger partial charge < -0.3 is 43.0 Å². The van der Waals surface area contributed by atoms with Crippen LogP contribution in [0.2, 0.25) is 6.04 Å². The fourth-order valence-corrected chi connectivity index (χ4v) is 4.09. The SMILES string of the molecule is CO[Si](CCCN(CCN(CC(=O)[O-])CC(=O)[O-])CC(=O)[O-])(OC)OC.[K+].[K+].[K+]. The molecule has 0 aromatic rings. The Morgan fingerprint density at radius 1 is 0.690 bits per heavy atom. The number of nitrogens with zero attached hydrogens (tertiary/aromatic N) is 2. The van der Waals surface area contributed by atoms with E-state index in [1.165, 1.54) is 26.2 Å². The molecular formula is C14H25K3N2O9Si. The summed E-state index contributed by atoms with van der Waals surface area (Å²) in [6.07, 6.45) is 0.496. The molecule has 29 heavy (non-hydrogen) atoms. The Labute approximate surface area is 300 Å². The average Bonchev–Trinajstić information content (AvgIpc) is 2.55. The van der Waals surface area contributed by atoms with Gasteiger partial charge >= 0.3 is 163 Å². The average molecular weight is 511 g/mol. The molecule has 0 aliphatic carbocycles. The van der Waals surface area contributed by atoms with Crippen molar-refractivity contribution in [3.63, 3.8) is 0 Å². The van der Waals surface area contributed by atoms with E-state index >= 15 is 0 Å². The van der Waals surface area contributed by atoms with E-state index in [0.717, 1.165) is 4.90 Å². The molecule has 0 aliphatic rings. The van der Waals surface area contributed by atoms with Crippen LogP contribution in [0.15, 0.2) is 0 Å². The third-order valence-corrected chi connectivity index (χ3v) is 6.51. The zero-order valence-corrected chi connectivity index (χ0v) is 28.6. The molecule has 0 aromatic carbocycles. The molecule has 0 bridgehead atoms. The summed E-state index contributed by atoms with van der Waals surface area (Å²) in [6.45, 7) is -1.12. The molecule has 0 radical (unpaired) electrons. The zero-order valence-electron chi connectivity index (χ0n) is 18.2. The number of carboxylic acids is 3. The van der Waals surface area contributed by atoms with Gasteiger partial charge in [-0.2, -0.15) is 0 Å². The number of rotatable bonds is 16. The first kappa shape index (κ1) is 39.5. The molecule has 0 spiro atoms. The Morgan fingerprint density at radius 2 is 1.03 bits per heavy atom. The number of carbonyl (C=O) groups is 3. The Hall–Kier alpha value is 3.34. The van der Waals surface area contributed by atoms with Gasteiger partial charge in [-0.15, -0.1) is 0 Å². The van der Waals surface area contributed by atoms with Gasteiger partial charge in [0.2, 0.25) is 0 Å². The van der Waals surface area contributed by atoms with Gasteiger partial charge in [0, 0.05) is 60.1 Å². The third kappa shape index (κ3) is 20.4. The smallest absolute Gasteiger partial charge is 0.549 e. The molecule has 0 heterocycles. The zero-order chi connectivity index (χ0) is 20.2. The van der Waals surface area contributed by atoms with Crippen molar-refractivity contribution in [2.24, 2.45) is 0 Å². The second kappa shape index (κ2) is 23.1. The maximum Gasteiger partial charge on any atom is 1.00 e. The van der Waals surface area contributed by atoms with Crippen LogP contribution in [0.1, 0.15) is 6.42 Å². The molecule has 15 heteroatoms.